The van der Waals surface area contributed by atoms with E-state index in [-0.39, 0.29) is 17.5 Å². The van der Waals surface area contributed by atoms with Crippen molar-refractivity contribution < 1.29 is 9.53 Å². The van der Waals surface area contributed by atoms with E-state index >= 15 is 0 Å². The Hall–Kier alpha value is -2.60. The van der Waals surface area contributed by atoms with E-state index in [1.165, 1.54) is 0 Å². The van der Waals surface area contributed by atoms with E-state index in [0.717, 1.165) is 11.1 Å². The van der Waals surface area contributed by atoms with Crippen molar-refractivity contribution in [3.05, 3.63) is 57.5 Å². The summed E-state index contributed by atoms with van der Waals surface area (Å²) < 4.78 is 5.26. The lowest BCUT2D eigenvalue weighted by Crippen LogP contribution is -2.44. The lowest BCUT2D eigenvalue weighted by Gasteiger charge is -2.37. The van der Waals surface area contributed by atoms with Crippen molar-refractivity contribution in [2.24, 2.45) is 15.7 Å². The first kappa shape index (κ1) is 17.2. The van der Waals surface area contributed by atoms with Gasteiger partial charge in [-0.25, -0.2) is 14.8 Å². The van der Waals surface area contributed by atoms with E-state index in [9.17, 15) is 4.79 Å². The first-order valence-electron chi connectivity index (χ1n) is 7.96. The topological polar surface area (TPSA) is 80.3 Å². The van der Waals surface area contributed by atoms with Gasteiger partial charge >= 0.3 is 5.97 Å². The maximum Gasteiger partial charge on any atom is 0.338 e. The zero-order valence-electron chi connectivity index (χ0n) is 14.3. The number of hydrogen-bond donors (Lipinski definition) is 1. The van der Waals surface area contributed by atoms with E-state index in [2.05, 4.69) is 9.98 Å². The molecule has 0 spiro atoms. The highest BCUT2D eigenvalue weighted by Gasteiger charge is 2.39. The molecule has 1 aromatic rings. The maximum atomic E-state index is 12.6. The van der Waals surface area contributed by atoms with Crippen LogP contribution >= 0.6 is 11.6 Å². The third kappa shape index (κ3) is 2.93. The average Bonchev–Trinajstić information content (AvgIpc) is 2.58. The van der Waals surface area contributed by atoms with Gasteiger partial charge in [-0.15, -0.1) is 0 Å². The summed E-state index contributed by atoms with van der Waals surface area (Å²) in [6.07, 6.45) is 1.56. The molecule has 1 atom stereocenters. The normalized spacial score (nSPS) is 19.8. The predicted molar refractivity (Wildman–Crippen MR) is 98.1 cm³/mol. The standard InChI is InChI=1S/C18H19ClN4O2/c1-4-25-18(24)13-11(3)22-17-14(20)16(19)21-9-23(17)15(13)12-8-6-5-7-10(12)2/h5-9,15H,4,20H2,1-3H3. The minimum Gasteiger partial charge on any atom is -0.463 e. The van der Waals surface area contributed by atoms with Crippen LogP contribution in [0, 0.1) is 6.92 Å². The lowest BCUT2D eigenvalue weighted by molar-refractivity contribution is -0.139. The summed E-state index contributed by atoms with van der Waals surface area (Å²) in [6.45, 7) is 5.83. The molecule has 2 aliphatic heterocycles. The van der Waals surface area contributed by atoms with Crippen molar-refractivity contribution in [1.29, 1.82) is 0 Å². The molecule has 0 amide bonds. The summed E-state index contributed by atoms with van der Waals surface area (Å²) in [5.74, 6) is 0.0856. The number of hydrogen-bond acceptors (Lipinski definition) is 6. The molecule has 0 saturated carbocycles. The van der Waals surface area contributed by atoms with Gasteiger partial charge in [-0.1, -0.05) is 35.9 Å². The molecular weight excluding hydrogens is 340 g/mol. The third-order valence-electron chi connectivity index (χ3n) is 4.20. The highest BCUT2D eigenvalue weighted by atomic mass is 35.5. The molecule has 7 heteroatoms. The van der Waals surface area contributed by atoms with Gasteiger partial charge in [0.1, 0.15) is 5.70 Å². The van der Waals surface area contributed by atoms with Gasteiger partial charge in [-0.05, 0) is 31.9 Å². The van der Waals surface area contributed by atoms with E-state index < -0.39 is 12.0 Å². The summed E-state index contributed by atoms with van der Waals surface area (Å²) in [6, 6.07) is 7.41. The first-order chi connectivity index (χ1) is 12.0. The van der Waals surface area contributed by atoms with E-state index in [1.807, 2.05) is 31.2 Å². The lowest BCUT2D eigenvalue weighted by atomic mass is 9.91. The van der Waals surface area contributed by atoms with Gasteiger partial charge in [0.25, 0.3) is 0 Å². The van der Waals surface area contributed by atoms with Crippen LogP contribution in [0.5, 0.6) is 0 Å². The van der Waals surface area contributed by atoms with Crippen LogP contribution in [-0.2, 0) is 9.53 Å². The number of rotatable bonds is 3. The Bertz CT molecular complexity index is 854. The van der Waals surface area contributed by atoms with E-state index in [1.54, 1.807) is 25.1 Å². The number of amidine groups is 1. The van der Waals surface area contributed by atoms with Crippen molar-refractivity contribution in [3.63, 3.8) is 0 Å². The minimum atomic E-state index is -0.431. The van der Waals surface area contributed by atoms with Gasteiger partial charge in [0.05, 0.1) is 30.3 Å². The van der Waals surface area contributed by atoms with Gasteiger partial charge in [0.15, 0.2) is 11.0 Å². The smallest absolute Gasteiger partial charge is 0.338 e. The molecule has 0 saturated heterocycles. The fraction of sp³-hybridized carbons (Fsp3) is 0.278. The monoisotopic (exact) mass is 358 g/mol. The number of benzene rings is 1. The Morgan fingerprint density at radius 1 is 1.36 bits per heavy atom. The molecular formula is C18H19ClN4O2. The van der Waals surface area contributed by atoms with E-state index in [0.29, 0.717) is 17.1 Å². The number of aryl methyl sites for hydroxylation is 1. The highest BCUT2D eigenvalue weighted by Crippen LogP contribution is 2.38. The number of nitrogens with two attached hydrogens (primary N) is 1. The molecule has 25 heavy (non-hydrogen) atoms. The van der Waals surface area contributed by atoms with Crippen LogP contribution in [0.4, 0.5) is 0 Å². The predicted octanol–water partition coefficient (Wildman–Crippen LogP) is 3.00. The summed E-state index contributed by atoms with van der Waals surface area (Å²) in [7, 11) is 0. The number of esters is 1. The zero-order chi connectivity index (χ0) is 18.1. The number of carbonyl (C=O) groups excluding carboxylic acids is 1. The molecule has 1 aromatic carbocycles. The Balaban J connectivity index is 2.22. The number of nitrogens with zero attached hydrogens (tertiary/aromatic N) is 3. The number of fused-ring (bicyclic) bond motifs is 1. The van der Waals surface area contributed by atoms with Crippen LogP contribution in [0.1, 0.15) is 31.0 Å². The SMILES string of the molecule is CCOC(=O)C1=C(C)N=C2C(N)=C(Cl)N=CN2C1c1ccccc1C. The fourth-order valence-electron chi connectivity index (χ4n) is 3.00. The summed E-state index contributed by atoms with van der Waals surface area (Å²) in [5, 5.41) is 0.186. The minimum absolute atomic E-state index is 0.186. The zero-order valence-corrected chi connectivity index (χ0v) is 15.0. The van der Waals surface area contributed by atoms with Gasteiger partial charge in [-0.2, -0.15) is 0 Å². The van der Waals surface area contributed by atoms with Crippen LogP contribution < -0.4 is 5.73 Å². The molecule has 2 N–H and O–H groups in total. The molecule has 0 radical (unpaired) electrons. The molecule has 0 fully saturated rings. The molecule has 130 valence electrons. The second-order valence-electron chi connectivity index (χ2n) is 5.77. The summed E-state index contributed by atoms with van der Waals surface area (Å²) in [5.41, 5.74) is 9.38. The Labute approximate surface area is 151 Å². The molecule has 2 aliphatic rings. The van der Waals surface area contributed by atoms with Gasteiger partial charge in [0, 0.05) is 0 Å². The molecule has 1 unspecified atom stereocenters. The number of aliphatic imine (C=N–C) groups is 2. The Morgan fingerprint density at radius 3 is 2.76 bits per heavy atom. The fourth-order valence-corrected chi connectivity index (χ4v) is 3.13. The first-order valence-corrected chi connectivity index (χ1v) is 8.33. The number of halogens is 1. The second kappa shape index (κ2) is 6.72. The summed E-state index contributed by atoms with van der Waals surface area (Å²) >= 11 is 6.05. The molecule has 0 aliphatic carbocycles. The highest BCUT2D eigenvalue weighted by molar-refractivity contribution is 6.33. The molecule has 3 rings (SSSR count). The number of carbonyl (C=O) groups is 1. The van der Waals surface area contributed by atoms with E-state index in [4.69, 9.17) is 22.1 Å². The van der Waals surface area contributed by atoms with Crippen molar-refractivity contribution in [1.82, 2.24) is 4.90 Å². The van der Waals surface area contributed by atoms with Crippen LogP contribution in [0.3, 0.4) is 0 Å². The van der Waals surface area contributed by atoms with Crippen molar-refractivity contribution in [3.8, 4) is 0 Å². The van der Waals surface area contributed by atoms with Gasteiger partial charge in [0.2, 0.25) is 0 Å². The maximum absolute atomic E-state index is 12.6. The van der Waals surface area contributed by atoms with Crippen LogP contribution in [0.25, 0.3) is 0 Å². The summed E-state index contributed by atoms with van der Waals surface area (Å²) in [4.78, 5) is 23.0. The Morgan fingerprint density at radius 2 is 2.08 bits per heavy atom. The quantitative estimate of drug-likeness (QED) is 0.665. The number of allylic oxidation sites excluding steroid dienone is 1. The molecule has 0 bridgehead atoms. The third-order valence-corrected chi connectivity index (χ3v) is 4.50. The molecule has 2 heterocycles. The van der Waals surface area contributed by atoms with Gasteiger partial charge < -0.3 is 15.4 Å². The van der Waals surface area contributed by atoms with Crippen LogP contribution in [-0.4, -0.2) is 29.7 Å². The second-order valence-corrected chi connectivity index (χ2v) is 6.13. The largest absolute Gasteiger partial charge is 0.463 e. The Kier molecular flexibility index (Phi) is 4.63. The van der Waals surface area contributed by atoms with Crippen LogP contribution in [0.15, 0.2) is 56.4 Å². The molecule has 6 nitrogen and oxygen atoms in total. The van der Waals surface area contributed by atoms with Crippen LogP contribution in [0.2, 0.25) is 0 Å². The number of ether oxygens (including phenoxy) is 1. The van der Waals surface area contributed by atoms with Crippen molar-refractivity contribution in [2.75, 3.05) is 6.61 Å². The average molecular weight is 359 g/mol. The van der Waals surface area contributed by atoms with Crippen molar-refractivity contribution >= 4 is 29.7 Å². The van der Waals surface area contributed by atoms with Crippen molar-refractivity contribution in [2.45, 2.75) is 26.8 Å². The van der Waals surface area contributed by atoms with Gasteiger partial charge in [-0.3, -0.25) is 0 Å². The molecule has 0 aromatic heterocycles.